The Labute approximate surface area is 233 Å². The van der Waals surface area contributed by atoms with Gasteiger partial charge in [-0.25, -0.2) is 12.8 Å². The highest BCUT2D eigenvalue weighted by atomic mass is 79.9. The van der Waals surface area contributed by atoms with E-state index in [9.17, 15) is 12.8 Å². The molecule has 0 radical (unpaired) electrons. The van der Waals surface area contributed by atoms with Crippen molar-refractivity contribution in [2.24, 2.45) is 5.92 Å². The van der Waals surface area contributed by atoms with E-state index in [0.717, 1.165) is 14.5 Å². The largest absolute Gasteiger partial charge is 0.493 e. The zero-order chi connectivity index (χ0) is 26.3. The Hall–Kier alpha value is -2.14. The van der Waals surface area contributed by atoms with Gasteiger partial charge in [-0.15, -0.1) is 0 Å². The van der Waals surface area contributed by atoms with Crippen LogP contribution in [0.1, 0.15) is 29.0 Å². The SMILES string of the molecule is Cc1c(Br)cc(Br)c(C)c1S(=O)(=O)N1CC[C@@H](c2ccc(F)cc2)[C@H](COc2ccc3c(c2)OCO3)C1. The van der Waals surface area contributed by atoms with Gasteiger partial charge in [-0.1, -0.05) is 44.0 Å². The Balaban J connectivity index is 1.44. The summed E-state index contributed by atoms with van der Waals surface area (Å²) in [5.74, 6) is 1.45. The second-order valence-corrected chi connectivity index (χ2v) is 12.9. The highest BCUT2D eigenvalue weighted by Crippen LogP contribution is 2.40. The molecular formula is C27H26Br2FNO5S. The number of halogens is 3. The predicted molar refractivity (Wildman–Crippen MR) is 145 cm³/mol. The van der Waals surface area contributed by atoms with Crippen molar-refractivity contribution in [2.75, 3.05) is 26.5 Å². The molecule has 0 bridgehead atoms. The molecule has 0 aliphatic carbocycles. The molecule has 0 spiro atoms. The van der Waals surface area contributed by atoms with Crippen LogP contribution in [0, 0.1) is 25.6 Å². The molecule has 2 aliphatic rings. The molecule has 0 N–H and O–H groups in total. The number of rotatable bonds is 6. The third kappa shape index (κ3) is 5.26. The molecule has 196 valence electrons. The van der Waals surface area contributed by atoms with Crippen LogP contribution in [0.3, 0.4) is 0 Å². The van der Waals surface area contributed by atoms with Gasteiger partial charge in [-0.05, 0) is 73.2 Å². The summed E-state index contributed by atoms with van der Waals surface area (Å²) < 4.78 is 61.5. The first kappa shape index (κ1) is 26.5. The number of fused-ring (bicyclic) bond motifs is 1. The van der Waals surface area contributed by atoms with E-state index < -0.39 is 10.0 Å². The summed E-state index contributed by atoms with van der Waals surface area (Å²) in [4.78, 5) is 0.310. The van der Waals surface area contributed by atoms with Gasteiger partial charge in [0, 0.05) is 34.0 Å². The van der Waals surface area contributed by atoms with Crippen LogP contribution < -0.4 is 14.2 Å². The molecule has 0 unspecified atom stereocenters. The minimum Gasteiger partial charge on any atom is -0.493 e. The van der Waals surface area contributed by atoms with E-state index in [0.29, 0.717) is 46.2 Å². The summed E-state index contributed by atoms with van der Waals surface area (Å²) in [5.41, 5.74) is 2.32. The Kier molecular flexibility index (Phi) is 7.55. The van der Waals surface area contributed by atoms with Gasteiger partial charge < -0.3 is 14.2 Å². The van der Waals surface area contributed by atoms with Gasteiger partial charge in [0.05, 0.1) is 11.5 Å². The number of hydrogen-bond donors (Lipinski definition) is 0. The molecule has 5 rings (SSSR count). The second kappa shape index (κ2) is 10.6. The van der Waals surface area contributed by atoms with E-state index in [1.165, 1.54) is 12.1 Å². The van der Waals surface area contributed by atoms with Crippen LogP contribution in [0.5, 0.6) is 17.2 Å². The number of ether oxygens (including phenoxy) is 3. The molecular weight excluding hydrogens is 629 g/mol. The quantitative estimate of drug-likeness (QED) is 0.301. The lowest BCUT2D eigenvalue weighted by Crippen LogP contribution is -2.45. The molecule has 3 aromatic carbocycles. The molecule has 0 saturated carbocycles. The zero-order valence-electron chi connectivity index (χ0n) is 20.3. The maximum absolute atomic E-state index is 13.9. The standard InChI is InChI=1S/C27H26Br2FNO5S/c1-16-23(28)12-24(29)17(2)27(16)37(32,33)31-10-9-22(18-3-5-20(30)6-4-18)19(13-31)14-34-21-7-8-25-26(11-21)36-15-35-25/h3-8,11-12,19,22H,9-10,13-15H2,1-2H3/t19-,22-/m0/s1. The number of sulfonamides is 1. The minimum absolute atomic E-state index is 0.0116. The van der Waals surface area contributed by atoms with Crippen molar-refractivity contribution in [2.45, 2.75) is 31.1 Å². The van der Waals surface area contributed by atoms with Gasteiger partial charge in [-0.2, -0.15) is 4.31 Å². The van der Waals surface area contributed by atoms with Crippen LogP contribution in [0.25, 0.3) is 0 Å². The second-order valence-electron chi connectivity index (χ2n) is 9.32. The van der Waals surface area contributed by atoms with E-state index in [1.807, 2.05) is 26.0 Å². The Morgan fingerprint density at radius 2 is 1.68 bits per heavy atom. The van der Waals surface area contributed by atoms with Crippen molar-refractivity contribution in [3.63, 3.8) is 0 Å². The Morgan fingerprint density at radius 1 is 1.00 bits per heavy atom. The molecule has 0 aromatic heterocycles. The average molecular weight is 655 g/mol. The van der Waals surface area contributed by atoms with Gasteiger partial charge in [0.25, 0.3) is 0 Å². The molecule has 6 nitrogen and oxygen atoms in total. The Bertz CT molecular complexity index is 1410. The monoisotopic (exact) mass is 653 g/mol. The van der Waals surface area contributed by atoms with E-state index in [1.54, 1.807) is 28.6 Å². The van der Waals surface area contributed by atoms with E-state index in [4.69, 9.17) is 14.2 Å². The highest BCUT2D eigenvalue weighted by molar-refractivity contribution is 9.11. The summed E-state index contributed by atoms with van der Waals surface area (Å²) >= 11 is 6.99. The van der Waals surface area contributed by atoms with Crippen LogP contribution in [0.2, 0.25) is 0 Å². The fourth-order valence-corrected chi connectivity index (χ4v) is 8.46. The molecule has 1 saturated heterocycles. The van der Waals surface area contributed by atoms with Crippen molar-refractivity contribution in [1.29, 1.82) is 0 Å². The lowest BCUT2D eigenvalue weighted by atomic mass is 9.81. The lowest BCUT2D eigenvalue weighted by Gasteiger charge is -2.38. The first-order valence-corrected chi connectivity index (χ1v) is 14.9. The third-order valence-electron chi connectivity index (χ3n) is 7.05. The highest BCUT2D eigenvalue weighted by Gasteiger charge is 2.38. The maximum atomic E-state index is 13.9. The van der Waals surface area contributed by atoms with Crippen LogP contribution in [0.4, 0.5) is 4.39 Å². The maximum Gasteiger partial charge on any atom is 0.243 e. The van der Waals surface area contributed by atoms with Gasteiger partial charge in [0.2, 0.25) is 16.8 Å². The molecule has 3 aromatic rings. The number of piperidine rings is 1. The lowest BCUT2D eigenvalue weighted by molar-refractivity contribution is 0.157. The fourth-order valence-electron chi connectivity index (χ4n) is 5.05. The molecule has 37 heavy (non-hydrogen) atoms. The van der Waals surface area contributed by atoms with E-state index in [-0.39, 0.29) is 37.6 Å². The first-order chi connectivity index (χ1) is 17.6. The van der Waals surface area contributed by atoms with Crippen molar-refractivity contribution < 1.29 is 27.0 Å². The van der Waals surface area contributed by atoms with E-state index in [2.05, 4.69) is 31.9 Å². The van der Waals surface area contributed by atoms with Crippen molar-refractivity contribution in [1.82, 2.24) is 4.31 Å². The van der Waals surface area contributed by atoms with Crippen LogP contribution in [-0.2, 0) is 10.0 Å². The smallest absolute Gasteiger partial charge is 0.243 e. The average Bonchev–Trinajstić information content (AvgIpc) is 3.35. The zero-order valence-corrected chi connectivity index (χ0v) is 24.3. The topological polar surface area (TPSA) is 65.1 Å². The van der Waals surface area contributed by atoms with Gasteiger partial charge in [0.1, 0.15) is 11.6 Å². The number of hydrogen-bond acceptors (Lipinski definition) is 5. The molecule has 0 amide bonds. The molecule has 1 fully saturated rings. The fraction of sp³-hybridized carbons (Fsp3) is 0.333. The summed E-state index contributed by atoms with van der Waals surface area (Å²) in [5, 5.41) is 0. The Morgan fingerprint density at radius 3 is 2.38 bits per heavy atom. The van der Waals surface area contributed by atoms with Crippen LogP contribution in [0.15, 0.2) is 62.4 Å². The van der Waals surface area contributed by atoms with Crippen molar-refractivity contribution >= 4 is 41.9 Å². The van der Waals surface area contributed by atoms with Crippen LogP contribution in [-0.4, -0.2) is 39.2 Å². The number of nitrogens with zero attached hydrogens (tertiary/aromatic N) is 1. The minimum atomic E-state index is -3.78. The first-order valence-electron chi connectivity index (χ1n) is 11.9. The van der Waals surface area contributed by atoms with Crippen LogP contribution >= 0.6 is 31.9 Å². The van der Waals surface area contributed by atoms with Gasteiger partial charge in [0.15, 0.2) is 11.5 Å². The van der Waals surface area contributed by atoms with Crippen molar-refractivity contribution in [3.05, 3.63) is 80.0 Å². The summed E-state index contributed by atoms with van der Waals surface area (Å²) in [6.45, 7) is 4.70. The third-order valence-corrected chi connectivity index (χ3v) is 10.8. The molecule has 2 aliphatic heterocycles. The molecule has 2 atom stereocenters. The summed E-state index contributed by atoms with van der Waals surface area (Å²) in [6.07, 6.45) is 0.591. The molecule has 10 heteroatoms. The van der Waals surface area contributed by atoms with Gasteiger partial charge >= 0.3 is 0 Å². The molecule has 2 heterocycles. The summed E-state index contributed by atoms with van der Waals surface area (Å²) in [6, 6.07) is 13.7. The number of benzene rings is 3. The van der Waals surface area contributed by atoms with E-state index >= 15 is 0 Å². The predicted octanol–water partition coefficient (Wildman–Crippen LogP) is 6.57. The van der Waals surface area contributed by atoms with Gasteiger partial charge in [-0.3, -0.25) is 0 Å². The normalized spacial score (nSPS) is 19.7. The summed E-state index contributed by atoms with van der Waals surface area (Å²) in [7, 11) is -3.78. The van der Waals surface area contributed by atoms with Crippen molar-refractivity contribution in [3.8, 4) is 17.2 Å².